The van der Waals surface area contributed by atoms with E-state index >= 15 is 0 Å². The Kier molecular flexibility index (Phi) is 5.85. The largest absolute Gasteiger partial charge is 0.416 e. The zero-order chi connectivity index (χ0) is 22.0. The molecule has 31 heavy (non-hydrogen) atoms. The summed E-state index contributed by atoms with van der Waals surface area (Å²) in [5.41, 5.74) is 0.672. The summed E-state index contributed by atoms with van der Waals surface area (Å²) in [5, 5.41) is 0. The van der Waals surface area contributed by atoms with E-state index in [9.17, 15) is 22.8 Å². The maximum absolute atomic E-state index is 13.1. The summed E-state index contributed by atoms with van der Waals surface area (Å²) in [6, 6.07) is 15.2. The Labute approximate surface area is 177 Å². The highest BCUT2D eigenvalue weighted by Crippen LogP contribution is 2.40. The lowest BCUT2D eigenvalue weighted by molar-refractivity contribution is -0.137. The van der Waals surface area contributed by atoms with Gasteiger partial charge in [0.1, 0.15) is 0 Å². The van der Waals surface area contributed by atoms with Crippen LogP contribution in [-0.2, 0) is 12.6 Å². The van der Waals surface area contributed by atoms with Gasteiger partial charge in [-0.05, 0) is 54.7 Å². The number of aromatic nitrogens is 2. The van der Waals surface area contributed by atoms with E-state index in [1.54, 1.807) is 6.07 Å². The highest BCUT2D eigenvalue weighted by atomic mass is 19.4. The van der Waals surface area contributed by atoms with E-state index in [1.807, 2.05) is 18.2 Å². The minimum Gasteiger partial charge on any atom is -0.311 e. The van der Waals surface area contributed by atoms with Gasteiger partial charge in [-0.25, -0.2) is 4.79 Å². The van der Waals surface area contributed by atoms with Gasteiger partial charge in [-0.3, -0.25) is 9.78 Å². The molecule has 1 fully saturated rings. The van der Waals surface area contributed by atoms with Crippen LogP contribution in [0.1, 0.15) is 65.5 Å². The lowest BCUT2D eigenvalue weighted by Gasteiger charge is -2.29. The molecule has 0 aliphatic heterocycles. The first-order valence-corrected chi connectivity index (χ1v) is 10.4. The molecule has 0 radical (unpaired) electrons. The van der Waals surface area contributed by atoms with Crippen LogP contribution in [0.4, 0.5) is 13.2 Å². The molecular formula is C24H23F3N2O2. The predicted octanol–water partition coefficient (Wildman–Crippen LogP) is 5.11. The lowest BCUT2D eigenvalue weighted by Crippen LogP contribution is -2.30. The van der Waals surface area contributed by atoms with Crippen molar-refractivity contribution in [2.75, 3.05) is 0 Å². The normalized spacial score (nSPS) is 19.3. The third kappa shape index (κ3) is 4.81. The molecule has 162 valence electrons. The molecule has 4 rings (SSSR count). The van der Waals surface area contributed by atoms with Crippen LogP contribution in [0.5, 0.6) is 0 Å². The van der Waals surface area contributed by atoms with Gasteiger partial charge in [0.2, 0.25) is 0 Å². The first kappa shape index (κ1) is 21.2. The Morgan fingerprint density at radius 3 is 2.19 bits per heavy atom. The second-order valence-electron chi connectivity index (χ2n) is 8.13. The molecule has 0 saturated heterocycles. The molecule has 0 unspecified atom stereocenters. The van der Waals surface area contributed by atoms with Crippen LogP contribution < -0.4 is 11.2 Å². The topological polar surface area (TPSA) is 65.7 Å². The fraction of sp³-hybridized carbons (Fsp3) is 0.333. The Bertz CT molecular complexity index is 1160. The molecule has 1 aliphatic rings. The second-order valence-corrected chi connectivity index (χ2v) is 8.13. The number of rotatable bonds is 4. The van der Waals surface area contributed by atoms with Crippen molar-refractivity contribution >= 4 is 0 Å². The predicted molar refractivity (Wildman–Crippen MR) is 112 cm³/mol. The number of benzene rings is 2. The molecule has 0 bridgehead atoms. The first-order valence-electron chi connectivity index (χ1n) is 10.4. The minimum absolute atomic E-state index is 0.00392. The average Bonchev–Trinajstić information content (AvgIpc) is 2.76. The van der Waals surface area contributed by atoms with E-state index in [4.69, 9.17) is 0 Å². The van der Waals surface area contributed by atoms with Crippen molar-refractivity contribution in [3.05, 3.63) is 103 Å². The molecule has 1 heterocycles. The van der Waals surface area contributed by atoms with E-state index < -0.39 is 23.0 Å². The van der Waals surface area contributed by atoms with Gasteiger partial charge in [-0.2, -0.15) is 13.2 Å². The Hall–Kier alpha value is -3.09. The Morgan fingerprint density at radius 2 is 1.52 bits per heavy atom. The van der Waals surface area contributed by atoms with Gasteiger partial charge in [-0.15, -0.1) is 0 Å². The van der Waals surface area contributed by atoms with E-state index in [2.05, 4.69) is 22.1 Å². The first-order chi connectivity index (χ1) is 14.8. The number of hydrogen-bond acceptors (Lipinski definition) is 2. The van der Waals surface area contributed by atoms with Crippen LogP contribution in [0.2, 0.25) is 0 Å². The summed E-state index contributed by atoms with van der Waals surface area (Å²) in [4.78, 5) is 29.5. The van der Waals surface area contributed by atoms with Crippen molar-refractivity contribution in [3.63, 3.8) is 0 Å². The summed E-state index contributed by atoms with van der Waals surface area (Å²) < 4.78 is 39.2. The molecule has 0 atom stereocenters. The minimum atomic E-state index is -4.45. The van der Waals surface area contributed by atoms with Crippen LogP contribution >= 0.6 is 0 Å². The highest BCUT2D eigenvalue weighted by Gasteiger charge is 2.31. The molecule has 7 heteroatoms. The third-order valence-electron chi connectivity index (χ3n) is 6.12. The number of hydrogen-bond donors (Lipinski definition) is 2. The number of alkyl halides is 3. The maximum atomic E-state index is 13.1. The van der Waals surface area contributed by atoms with Crippen molar-refractivity contribution in [1.29, 1.82) is 0 Å². The van der Waals surface area contributed by atoms with Crippen molar-refractivity contribution in [2.24, 2.45) is 0 Å². The number of aromatic amines is 2. The zero-order valence-electron chi connectivity index (χ0n) is 16.8. The monoisotopic (exact) mass is 428 g/mol. The van der Waals surface area contributed by atoms with Crippen LogP contribution in [0.3, 0.4) is 0 Å². The second kappa shape index (κ2) is 8.57. The third-order valence-corrected chi connectivity index (χ3v) is 6.12. The van der Waals surface area contributed by atoms with Gasteiger partial charge in [0.05, 0.1) is 5.56 Å². The Balaban J connectivity index is 1.60. The van der Waals surface area contributed by atoms with Gasteiger partial charge in [0.15, 0.2) is 0 Å². The SMILES string of the molecule is O=c1[nH]c(C2CCC(c3ccccc3)CC2)c(Cc2cccc(C(F)(F)F)c2)c(=O)[nH]1. The molecule has 0 amide bonds. The molecule has 3 aromatic rings. The lowest BCUT2D eigenvalue weighted by atomic mass is 9.76. The van der Waals surface area contributed by atoms with Crippen molar-refractivity contribution in [3.8, 4) is 0 Å². The van der Waals surface area contributed by atoms with Gasteiger partial charge in [0, 0.05) is 17.7 Å². The van der Waals surface area contributed by atoms with E-state index in [-0.39, 0.29) is 12.3 Å². The highest BCUT2D eigenvalue weighted by molar-refractivity contribution is 5.33. The molecular weight excluding hydrogens is 405 g/mol. The molecule has 2 N–H and O–H groups in total. The summed E-state index contributed by atoms with van der Waals surface area (Å²) in [6.45, 7) is 0. The number of H-pyrrole nitrogens is 2. The van der Waals surface area contributed by atoms with Crippen molar-refractivity contribution in [1.82, 2.24) is 9.97 Å². The summed E-state index contributed by atoms with van der Waals surface area (Å²) >= 11 is 0. The van der Waals surface area contributed by atoms with Crippen LogP contribution in [0, 0.1) is 0 Å². The number of halogens is 3. The molecule has 1 saturated carbocycles. The standard InChI is InChI=1S/C24H23F3N2O2/c25-24(26,27)19-8-4-5-15(13-19)14-20-21(28-23(31)29-22(20)30)18-11-9-17(10-12-18)16-6-2-1-3-7-16/h1-8,13,17-18H,9-12,14H2,(H2,28,29,30,31). The molecule has 4 nitrogen and oxygen atoms in total. The summed E-state index contributed by atoms with van der Waals surface area (Å²) in [6.07, 6.45) is -0.974. The fourth-order valence-corrected chi connectivity index (χ4v) is 4.56. The quantitative estimate of drug-likeness (QED) is 0.606. The fourth-order valence-electron chi connectivity index (χ4n) is 4.56. The van der Waals surface area contributed by atoms with Crippen LogP contribution in [0.15, 0.2) is 64.2 Å². The average molecular weight is 428 g/mol. The van der Waals surface area contributed by atoms with Gasteiger partial charge < -0.3 is 4.98 Å². The van der Waals surface area contributed by atoms with E-state index in [1.165, 1.54) is 11.6 Å². The molecule has 0 spiro atoms. The number of nitrogens with one attached hydrogen (secondary N) is 2. The van der Waals surface area contributed by atoms with Crippen LogP contribution in [-0.4, -0.2) is 9.97 Å². The molecule has 1 aliphatic carbocycles. The van der Waals surface area contributed by atoms with E-state index in [0.29, 0.717) is 22.7 Å². The maximum Gasteiger partial charge on any atom is 0.416 e. The van der Waals surface area contributed by atoms with Gasteiger partial charge in [-0.1, -0.05) is 48.5 Å². The molecule has 2 aromatic carbocycles. The van der Waals surface area contributed by atoms with Crippen LogP contribution in [0.25, 0.3) is 0 Å². The van der Waals surface area contributed by atoms with Gasteiger partial charge in [0.25, 0.3) is 5.56 Å². The smallest absolute Gasteiger partial charge is 0.311 e. The summed E-state index contributed by atoms with van der Waals surface area (Å²) in [7, 11) is 0. The van der Waals surface area contributed by atoms with Gasteiger partial charge >= 0.3 is 11.9 Å². The Morgan fingerprint density at radius 1 is 0.839 bits per heavy atom. The van der Waals surface area contributed by atoms with Crippen molar-refractivity contribution < 1.29 is 13.2 Å². The van der Waals surface area contributed by atoms with Crippen molar-refractivity contribution in [2.45, 2.75) is 50.1 Å². The zero-order valence-corrected chi connectivity index (χ0v) is 16.8. The molecule has 1 aromatic heterocycles. The summed E-state index contributed by atoms with van der Waals surface area (Å²) in [5.74, 6) is 0.425. The van der Waals surface area contributed by atoms with E-state index in [0.717, 1.165) is 37.8 Å².